The molecule has 0 N–H and O–H groups in total. The fourth-order valence-corrected chi connectivity index (χ4v) is 2.83. The van der Waals surface area contributed by atoms with Crippen molar-refractivity contribution in [1.82, 2.24) is 9.55 Å². The van der Waals surface area contributed by atoms with Crippen molar-refractivity contribution >= 4 is 12.8 Å². The Morgan fingerprint density at radius 3 is 3.00 bits per heavy atom. The summed E-state index contributed by atoms with van der Waals surface area (Å²) in [6, 6.07) is 0. The molecule has 3 nitrogen and oxygen atoms in total. The Labute approximate surface area is 94.1 Å². The Morgan fingerprint density at radius 1 is 1.69 bits per heavy atom. The number of alkyl halides is 1. The van der Waals surface area contributed by atoms with E-state index in [1.807, 2.05) is 12.4 Å². The van der Waals surface area contributed by atoms with Gasteiger partial charge in [0.15, 0.2) is 0 Å². The number of aryl methyl sites for hydroxylation is 1. The van der Waals surface area contributed by atoms with Crippen molar-refractivity contribution in [3.8, 4) is 0 Å². The van der Waals surface area contributed by atoms with Crippen molar-refractivity contribution in [3.05, 3.63) is 21.6 Å². The molecule has 0 saturated heterocycles. The third kappa shape index (κ3) is 2.70. The van der Waals surface area contributed by atoms with Crippen LogP contribution in [0.5, 0.6) is 0 Å². The number of hydrogen-bond donors (Lipinski definition) is 1. The van der Waals surface area contributed by atoms with E-state index in [1.54, 1.807) is 0 Å². The molecule has 1 rings (SSSR count). The van der Waals surface area contributed by atoms with Crippen molar-refractivity contribution in [1.29, 1.82) is 0 Å². The van der Waals surface area contributed by atoms with E-state index >= 15 is 0 Å². The standard InChI is InChI=1S/C8H13IN3S/c1-3-5-12-6-4-10-7(9-2)8(12)11-13/h4,6,13H,3,5H2,1-2H3/q-1. The van der Waals surface area contributed by atoms with Gasteiger partial charge in [0.25, 0.3) is 0 Å². The molecule has 0 bridgehead atoms. The van der Waals surface area contributed by atoms with Gasteiger partial charge < -0.3 is 0 Å². The monoisotopic (exact) mass is 310 g/mol. The van der Waals surface area contributed by atoms with Gasteiger partial charge in [0.2, 0.25) is 0 Å². The summed E-state index contributed by atoms with van der Waals surface area (Å²) in [4.78, 5) is 6.48. The molecule has 0 saturated carbocycles. The fourth-order valence-electron chi connectivity index (χ4n) is 1.08. The molecule has 0 unspecified atom stereocenters. The van der Waals surface area contributed by atoms with Gasteiger partial charge in [-0.3, -0.25) is 0 Å². The van der Waals surface area contributed by atoms with Crippen molar-refractivity contribution in [2.75, 3.05) is 4.93 Å². The zero-order valence-corrected chi connectivity index (χ0v) is 10.8. The minimum atomic E-state index is -0.0215. The van der Waals surface area contributed by atoms with Crippen LogP contribution < -0.4 is 26.7 Å². The van der Waals surface area contributed by atoms with Gasteiger partial charge in [0.1, 0.15) is 0 Å². The maximum atomic E-state index is 4.30. The Morgan fingerprint density at radius 2 is 2.46 bits per heavy atom. The first-order valence-corrected chi connectivity index (χ1v) is 7.70. The molecular formula is C8H13IN3S-. The quantitative estimate of drug-likeness (QED) is 0.388. The topological polar surface area (TPSA) is 30.2 Å². The summed E-state index contributed by atoms with van der Waals surface area (Å²) >= 11 is 3.96. The molecule has 0 fully saturated rings. The van der Waals surface area contributed by atoms with E-state index in [4.69, 9.17) is 0 Å². The molecule has 1 aromatic heterocycles. The zero-order valence-electron chi connectivity index (χ0n) is 7.74. The Balaban J connectivity index is 3.20. The summed E-state index contributed by atoms with van der Waals surface area (Å²) in [5.74, 6) is 0. The molecule has 0 aliphatic heterocycles. The molecule has 0 aliphatic carbocycles. The van der Waals surface area contributed by atoms with Gasteiger partial charge in [0, 0.05) is 0 Å². The molecule has 0 spiro atoms. The van der Waals surface area contributed by atoms with Gasteiger partial charge >= 0.3 is 94.4 Å². The van der Waals surface area contributed by atoms with Crippen LogP contribution in [0.1, 0.15) is 13.3 Å². The Kier molecular flexibility index (Phi) is 4.79. The molecule has 0 atom stereocenters. The van der Waals surface area contributed by atoms with Crippen LogP contribution in [0, 0.1) is 3.70 Å². The van der Waals surface area contributed by atoms with Crippen LogP contribution in [0.2, 0.25) is 0 Å². The second kappa shape index (κ2) is 5.64. The summed E-state index contributed by atoms with van der Waals surface area (Å²) in [5, 5.41) is 0. The van der Waals surface area contributed by atoms with E-state index in [9.17, 15) is 0 Å². The molecule has 1 aromatic rings. The van der Waals surface area contributed by atoms with E-state index in [0.29, 0.717) is 0 Å². The summed E-state index contributed by atoms with van der Waals surface area (Å²) < 4.78 is 7.21. The first kappa shape index (κ1) is 11.0. The number of hydrogen-bond acceptors (Lipinski definition) is 3. The van der Waals surface area contributed by atoms with Gasteiger partial charge in [0.05, 0.1) is 0 Å². The molecule has 13 heavy (non-hydrogen) atoms. The van der Waals surface area contributed by atoms with Crippen LogP contribution in [-0.4, -0.2) is 14.5 Å². The number of aromatic nitrogens is 2. The van der Waals surface area contributed by atoms with Gasteiger partial charge in [-0.15, -0.1) is 0 Å². The summed E-state index contributed by atoms with van der Waals surface area (Å²) in [5.41, 5.74) is 0.933. The summed E-state index contributed by atoms with van der Waals surface area (Å²) in [6.07, 6.45) is 4.91. The average molecular weight is 310 g/mol. The fraction of sp³-hybridized carbons (Fsp3) is 0.500. The van der Waals surface area contributed by atoms with Crippen LogP contribution >= 0.6 is 12.8 Å². The number of halogens is 1. The first-order valence-electron chi connectivity index (χ1n) is 4.06. The molecule has 0 aliphatic rings. The van der Waals surface area contributed by atoms with E-state index in [0.717, 1.165) is 22.2 Å². The molecule has 0 amide bonds. The van der Waals surface area contributed by atoms with E-state index in [2.05, 4.69) is 38.6 Å². The van der Waals surface area contributed by atoms with Crippen molar-refractivity contribution in [2.45, 2.75) is 19.9 Å². The van der Waals surface area contributed by atoms with Gasteiger partial charge in [-0.25, -0.2) is 0 Å². The van der Waals surface area contributed by atoms with E-state index in [-0.39, 0.29) is 21.2 Å². The minimum absolute atomic E-state index is 0.0215. The van der Waals surface area contributed by atoms with Gasteiger partial charge in [-0.2, -0.15) is 0 Å². The molecule has 74 valence electrons. The van der Waals surface area contributed by atoms with Gasteiger partial charge in [-0.05, 0) is 0 Å². The Hall–Kier alpha value is -0.0400. The summed E-state index contributed by atoms with van der Waals surface area (Å²) in [7, 11) is 0. The predicted molar refractivity (Wildman–Crippen MR) is 51.7 cm³/mol. The number of thiol groups is 1. The van der Waals surface area contributed by atoms with Crippen LogP contribution in [0.15, 0.2) is 16.8 Å². The Bertz CT molecular complexity index is 334. The van der Waals surface area contributed by atoms with Gasteiger partial charge in [-0.1, -0.05) is 0 Å². The second-order valence-corrected chi connectivity index (χ2v) is 4.82. The first-order chi connectivity index (χ1) is 6.33. The van der Waals surface area contributed by atoms with Crippen LogP contribution in [0.4, 0.5) is 0 Å². The van der Waals surface area contributed by atoms with Crippen LogP contribution in [0.25, 0.3) is 0 Å². The third-order valence-electron chi connectivity index (χ3n) is 1.63. The normalized spacial score (nSPS) is 12.4. The van der Waals surface area contributed by atoms with E-state index < -0.39 is 0 Å². The third-order valence-corrected chi connectivity index (χ3v) is 3.60. The molecule has 0 radical (unpaired) electrons. The molecular weight excluding hydrogens is 297 g/mol. The zero-order chi connectivity index (χ0) is 9.68. The predicted octanol–water partition coefficient (Wildman–Crippen LogP) is -2.07. The SMILES string of the molecule is CCCn1ccnc([I-]C)c1=NS. The molecule has 5 heteroatoms. The maximum absolute atomic E-state index is 4.30. The van der Waals surface area contributed by atoms with E-state index in [1.165, 1.54) is 0 Å². The van der Waals surface area contributed by atoms with Crippen molar-refractivity contribution in [3.63, 3.8) is 0 Å². The average Bonchev–Trinajstić information content (AvgIpc) is 2.18. The van der Waals surface area contributed by atoms with Crippen LogP contribution in [0.3, 0.4) is 0 Å². The summed E-state index contributed by atoms with van der Waals surface area (Å²) in [6.45, 7) is 3.13. The second-order valence-electron chi connectivity index (χ2n) is 2.52. The van der Waals surface area contributed by atoms with Crippen LogP contribution in [-0.2, 0) is 6.54 Å². The molecule has 0 aromatic carbocycles. The van der Waals surface area contributed by atoms with Crippen molar-refractivity contribution in [2.24, 2.45) is 4.40 Å². The number of nitrogens with zero attached hydrogens (tertiary/aromatic N) is 3. The van der Waals surface area contributed by atoms with Crippen molar-refractivity contribution < 1.29 is 21.2 Å². The molecule has 1 heterocycles. The number of rotatable bonds is 3.